The van der Waals surface area contributed by atoms with E-state index in [2.05, 4.69) is 21.2 Å². The van der Waals surface area contributed by atoms with Crippen molar-refractivity contribution in [2.24, 2.45) is 0 Å². The number of ether oxygens (including phenoxy) is 1. The van der Waals surface area contributed by atoms with Gasteiger partial charge in [0.1, 0.15) is 18.1 Å². The molecule has 30 heavy (non-hydrogen) atoms. The highest BCUT2D eigenvalue weighted by Gasteiger charge is 2.34. The Morgan fingerprint density at radius 3 is 2.47 bits per heavy atom. The number of rotatable bonds is 3. The molecule has 0 fully saturated rings. The molecule has 0 aromatic heterocycles. The summed E-state index contributed by atoms with van der Waals surface area (Å²) in [6.07, 6.45) is 0. The number of hydrogen-bond donors (Lipinski definition) is 1. The van der Waals surface area contributed by atoms with Crippen molar-refractivity contribution >= 4 is 33.4 Å². The molecule has 3 aromatic carbocycles. The third-order valence-electron chi connectivity index (χ3n) is 4.99. The summed E-state index contributed by atoms with van der Waals surface area (Å²) in [5.41, 5.74) is 2.48. The minimum Gasteiger partial charge on any atom is -0.497 e. The standard InChI is InChI=1S/C23H18BrFN2O3/c1-30-18-9-4-15(5-10-18)23(29)27-13-21(28)26-20-11-6-16(24)12-19(20)22(27)14-2-7-17(25)8-3-14/h2-12,22H,13H2,1H3,(H,26,28)/t22-/m1/s1. The van der Waals surface area contributed by atoms with Crippen LogP contribution < -0.4 is 10.1 Å². The van der Waals surface area contributed by atoms with Gasteiger partial charge in [-0.25, -0.2) is 4.39 Å². The van der Waals surface area contributed by atoms with Crippen molar-refractivity contribution in [2.45, 2.75) is 6.04 Å². The normalized spacial score (nSPS) is 15.8. The second-order valence-electron chi connectivity index (χ2n) is 6.90. The van der Waals surface area contributed by atoms with E-state index in [-0.39, 0.29) is 24.2 Å². The van der Waals surface area contributed by atoms with Crippen molar-refractivity contribution in [3.63, 3.8) is 0 Å². The molecule has 7 heteroatoms. The number of carbonyl (C=O) groups excluding carboxylic acids is 2. The highest BCUT2D eigenvalue weighted by molar-refractivity contribution is 9.10. The van der Waals surface area contributed by atoms with Crippen molar-refractivity contribution in [1.29, 1.82) is 0 Å². The van der Waals surface area contributed by atoms with Gasteiger partial charge < -0.3 is 15.0 Å². The molecule has 4 rings (SSSR count). The Hall–Kier alpha value is -3.19. The van der Waals surface area contributed by atoms with Crippen molar-refractivity contribution < 1.29 is 18.7 Å². The number of methoxy groups -OCH3 is 1. The number of carbonyl (C=O) groups is 2. The second kappa shape index (κ2) is 8.28. The first-order chi connectivity index (χ1) is 14.5. The number of amides is 2. The monoisotopic (exact) mass is 468 g/mol. The number of nitrogens with zero attached hydrogens (tertiary/aromatic N) is 1. The van der Waals surface area contributed by atoms with E-state index in [1.54, 1.807) is 49.6 Å². The third-order valence-corrected chi connectivity index (χ3v) is 5.48. The van der Waals surface area contributed by atoms with Crippen molar-refractivity contribution in [1.82, 2.24) is 4.90 Å². The Bertz CT molecular complexity index is 1100. The molecule has 0 radical (unpaired) electrons. The number of benzene rings is 3. The summed E-state index contributed by atoms with van der Waals surface area (Å²) >= 11 is 3.47. The molecule has 0 spiro atoms. The average Bonchev–Trinajstić information content (AvgIpc) is 2.89. The summed E-state index contributed by atoms with van der Waals surface area (Å²) in [7, 11) is 1.55. The van der Waals surface area contributed by atoms with Crippen molar-refractivity contribution in [3.8, 4) is 5.75 Å². The van der Waals surface area contributed by atoms with Crippen LogP contribution in [0.4, 0.5) is 10.1 Å². The molecule has 0 aliphatic carbocycles. The lowest BCUT2D eigenvalue weighted by Gasteiger charge is -2.31. The molecule has 0 saturated heterocycles. The average molecular weight is 469 g/mol. The Balaban J connectivity index is 1.85. The van der Waals surface area contributed by atoms with Crippen LogP contribution in [0.25, 0.3) is 0 Å². The predicted octanol–water partition coefficient (Wildman–Crippen LogP) is 4.78. The van der Waals surface area contributed by atoms with Crippen LogP contribution in [0.15, 0.2) is 71.2 Å². The van der Waals surface area contributed by atoms with E-state index in [0.717, 1.165) is 10.0 Å². The van der Waals surface area contributed by atoms with E-state index in [0.29, 0.717) is 22.6 Å². The SMILES string of the molecule is COc1ccc(C(=O)N2CC(=O)Nc3ccc(Br)cc3[C@H]2c2ccc(F)cc2)cc1. The molecule has 1 aliphatic rings. The summed E-state index contributed by atoms with van der Waals surface area (Å²) in [4.78, 5) is 27.6. The predicted molar refractivity (Wildman–Crippen MR) is 115 cm³/mol. The fourth-order valence-electron chi connectivity index (χ4n) is 3.57. The first kappa shape index (κ1) is 20.1. The molecule has 5 nitrogen and oxygen atoms in total. The number of nitrogens with one attached hydrogen (secondary N) is 1. The van der Waals surface area contributed by atoms with Crippen LogP contribution >= 0.6 is 15.9 Å². The first-order valence-electron chi connectivity index (χ1n) is 9.26. The van der Waals surface area contributed by atoms with Gasteiger partial charge in [-0.2, -0.15) is 0 Å². The number of halogens is 2. The molecule has 0 bridgehead atoms. The molecule has 1 atom stereocenters. The summed E-state index contributed by atoms with van der Waals surface area (Å²) in [5, 5.41) is 2.87. The Morgan fingerprint density at radius 2 is 1.80 bits per heavy atom. The highest BCUT2D eigenvalue weighted by Crippen LogP contribution is 2.38. The zero-order valence-electron chi connectivity index (χ0n) is 16.1. The van der Waals surface area contributed by atoms with Gasteiger partial charge in [-0.3, -0.25) is 9.59 Å². The minimum absolute atomic E-state index is 0.140. The third kappa shape index (κ3) is 3.93. The Kier molecular flexibility index (Phi) is 5.55. The minimum atomic E-state index is -0.577. The molecule has 1 heterocycles. The lowest BCUT2D eigenvalue weighted by atomic mass is 9.95. The van der Waals surface area contributed by atoms with Gasteiger partial charge in [-0.1, -0.05) is 28.1 Å². The molecule has 152 valence electrons. The highest BCUT2D eigenvalue weighted by atomic mass is 79.9. The van der Waals surface area contributed by atoms with Gasteiger partial charge >= 0.3 is 0 Å². The first-order valence-corrected chi connectivity index (χ1v) is 10.1. The molecule has 0 saturated carbocycles. The molecule has 3 aromatic rings. The maximum absolute atomic E-state index is 13.6. The lowest BCUT2D eigenvalue weighted by molar-refractivity contribution is -0.117. The van der Waals surface area contributed by atoms with Crippen LogP contribution in [-0.2, 0) is 4.79 Å². The maximum atomic E-state index is 13.6. The molecular formula is C23H18BrFN2O3. The maximum Gasteiger partial charge on any atom is 0.255 e. The molecular weight excluding hydrogens is 451 g/mol. The molecule has 0 unspecified atom stereocenters. The van der Waals surface area contributed by atoms with E-state index in [1.165, 1.54) is 17.0 Å². The number of fused-ring (bicyclic) bond motifs is 1. The van der Waals surface area contributed by atoms with Crippen LogP contribution in [0.1, 0.15) is 27.5 Å². The topological polar surface area (TPSA) is 58.6 Å². The van der Waals surface area contributed by atoms with Gasteiger partial charge in [0.2, 0.25) is 5.91 Å². The van der Waals surface area contributed by atoms with E-state index in [9.17, 15) is 14.0 Å². The van der Waals surface area contributed by atoms with Gasteiger partial charge in [-0.15, -0.1) is 0 Å². The van der Waals surface area contributed by atoms with Crippen LogP contribution in [0, 0.1) is 5.82 Å². The zero-order valence-corrected chi connectivity index (χ0v) is 17.6. The number of anilines is 1. The van der Waals surface area contributed by atoms with Gasteiger partial charge in [0.25, 0.3) is 5.91 Å². The van der Waals surface area contributed by atoms with Gasteiger partial charge in [0, 0.05) is 21.3 Å². The summed E-state index contributed by atoms with van der Waals surface area (Å²) in [5.74, 6) is -0.353. The molecule has 2 amide bonds. The van der Waals surface area contributed by atoms with E-state index in [1.807, 2.05) is 12.1 Å². The van der Waals surface area contributed by atoms with Crippen LogP contribution in [0.3, 0.4) is 0 Å². The van der Waals surface area contributed by atoms with Crippen LogP contribution in [-0.4, -0.2) is 30.4 Å². The smallest absolute Gasteiger partial charge is 0.255 e. The summed E-state index contributed by atoms with van der Waals surface area (Å²) in [6, 6.07) is 17.6. The van der Waals surface area contributed by atoms with E-state index in [4.69, 9.17) is 4.74 Å². The quantitative estimate of drug-likeness (QED) is 0.601. The Labute approximate surface area is 181 Å². The summed E-state index contributed by atoms with van der Waals surface area (Å²) < 4.78 is 19.6. The largest absolute Gasteiger partial charge is 0.497 e. The fraction of sp³-hybridized carbons (Fsp3) is 0.130. The second-order valence-corrected chi connectivity index (χ2v) is 7.81. The molecule has 1 aliphatic heterocycles. The van der Waals surface area contributed by atoms with Gasteiger partial charge in [0.05, 0.1) is 13.2 Å². The van der Waals surface area contributed by atoms with Crippen LogP contribution in [0.5, 0.6) is 5.75 Å². The summed E-state index contributed by atoms with van der Waals surface area (Å²) in [6.45, 7) is -0.140. The van der Waals surface area contributed by atoms with E-state index < -0.39 is 6.04 Å². The van der Waals surface area contributed by atoms with Crippen molar-refractivity contribution in [3.05, 3.63) is 93.7 Å². The van der Waals surface area contributed by atoms with Gasteiger partial charge in [0.15, 0.2) is 0 Å². The van der Waals surface area contributed by atoms with Crippen LogP contribution in [0.2, 0.25) is 0 Å². The number of hydrogen-bond acceptors (Lipinski definition) is 3. The molecule has 1 N–H and O–H groups in total. The van der Waals surface area contributed by atoms with Gasteiger partial charge in [-0.05, 0) is 60.2 Å². The Morgan fingerprint density at radius 1 is 1.10 bits per heavy atom. The van der Waals surface area contributed by atoms with E-state index >= 15 is 0 Å². The van der Waals surface area contributed by atoms with Crippen molar-refractivity contribution in [2.75, 3.05) is 19.0 Å². The zero-order chi connectivity index (χ0) is 21.3. The lowest BCUT2D eigenvalue weighted by Crippen LogP contribution is -2.39. The fourth-order valence-corrected chi connectivity index (χ4v) is 3.95.